The van der Waals surface area contributed by atoms with Crippen molar-refractivity contribution in [1.29, 1.82) is 0 Å². The maximum Gasteiger partial charge on any atom is 0.315 e. The smallest absolute Gasteiger partial charge is 0.315 e. The van der Waals surface area contributed by atoms with Gasteiger partial charge in [0.25, 0.3) is 5.91 Å². The van der Waals surface area contributed by atoms with Crippen molar-refractivity contribution in [1.82, 2.24) is 31.0 Å². The van der Waals surface area contributed by atoms with E-state index in [9.17, 15) is 9.59 Å². The molecule has 2 atom stereocenters. The third-order valence-electron chi connectivity index (χ3n) is 7.61. The van der Waals surface area contributed by atoms with Gasteiger partial charge in [-0.2, -0.15) is 5.10 Å². The fourth-order valence-corrected chi connectivity index (χ4v) is 5.29. The van der Waals surface area contributed by atoms with Crippen molar-refractivity contribution in [2.75, 3.05) is 46.5 Å². The lowest BCUT2D eigenvalue weighted by Crippen LogP contribution is -2.56. The van der Waals surface area contributed by atoms with E-state index < -0.39 is 0 Å². The number of aromatic nitrogens is 2. The first-order valence-electron chi connectivity index (χ1n) is 14.6. The van der Waals surface area contributed by atoms with Gasteiger partial charge in [-0.15, -0.1) is 0 Å². The number of fused-ring (bicyclic) bond motifs is 5. The number of benzene rings is 2. The van der Waals surface area contributed by atoms with E-state index in [-0.39, 0.29) is 37.2 Å². The van der Waals surface area contributed by atoms with Crippen molar-refractivity contribution in [3.8, 4) is 17.2 Å². The summed E-state index contributed by atoms with van der Waals surface area (Å²) in [5, 5.41) is 16.2. The van der Waals surface area contributed by atoms with E-state index in [1.54, 1.807) is 25.3 Å². The molecule has 3 heterocycles. The Bertz CT molecular complexity index is 1390. The minimum Gasteiger partial charge on any atom is -0.491 e. The molecule has 0 unspecified atom stereocenters. The van der Waals surface area contributed by atoms with Crippen molar-refractivity contribution in [3.05, 3.63) is 70.5 Å². The highest BCUT2D eigenvalue weighted by molar-refractivity contribution is 5.95. The number of likely N-dealkylation sites (tertiary alicyclic amines) is 1. The van der Waals surface area contributed by atoms with Crippen LogP contribution in [0, 0.1) is 13.8 Å². The first kappa shape index (κ1) is 30.3. The van der Waals surface area contributed by atoms with Gasteiger partial charge in [0.1, 0.15) is 23.9 Å². The minimum atomic E-state index is -0.303. The van der Waals surface area contributed by atoms with Gasteiger partial charge in [0.15, 0.2) is 0 Å². The number of nitrogens with one attached hydrogen (secondary N) is 4. The summed E-state index contributed by atoms with van der Waals surface area (Å²) in [4.78, 5) is 28.2. The molecule has 4 bridgehead atoms. The van der Waals surface area contributed by atoms with Gasteiger partial charge in [-0.3, -0.25) is 14.8 Å². The Labute approximate surface area is 251 Å². The highest BCUT2D eigenvalue weighted by Crippen LogP contribution is 2.29. The van der Waals surface area contributed by atoms with Crippen LogP contribution in [0.4, 0.5) is 4.79 Å². The summed E-state index contributed by atoms with van der Waals surface area (Å²) in [7, 11) is 1.60. The Morgan fingerprint density at radius 2 is 1.91 bits per heavy atom. The Hall–Kier alpha value is -4.13. The molecule has 0 aliphatic carbocycles. The van der Waals surface area contributed by atoms with Crippen LogP contribution >= 0.6 is 0 Å². The molecule has 2 aliphatic rings. The van der Waals surface area contributed by atoms with Gasteiger partial charge in [-0.05, 0) is 50.1 Å². The Balaban J connectivity index is 1.36. The van der Waals surface area contributed by atoms with Gasteiger partial charge in [0.05, 0.1) is 31.1 Å². The van der Waals surface area contributed by atoms with Gasteiger partial charge in [-0.25, -0.2) is 4.79 Å². The van der Waals surface area contributed by atoms with Crippen LogP contribution in [0.15, 0.2) is 42.5 Å². The largest absolute Gasteiger partial charge is 0.491 e. The molecule has 4 N–H and O–H groups in total. The van der Waals surface area contributed by atoms with Crippen LogP contribution in [0.25, 0.3) is 0 Å². The van der Waals surface area contributed by atoms with Crippen molar-refractivity contribution in [3.63, 3.8) is 0 Å². The molecule has 0 saturated carbocycles. The monoisotopic (exact) mass is 592 g/mol. The molecule has 12 heteroatoms. The number of rotatable bonds is 6. The lowest BCUT2D eigenvalue weighted by Gasteiger charge is -2.38. The first-order valence-corrected chi connectivity index (χ1v) is 14.6. The second kappa shape index (κ2) is 14.4. The number of methoxy groups -OCH3 is 1. The molecule has 2 aliphatic heterocycles. The van der Waals surface area contributed by atoms with Crippen molar-refractivity contribution in [2.24, 2.45) is 0 Å². The highest BCUT2D eigenvalue weighted by Gasteiger charge is 2.32. The molecule has 1 saturated heterocycles. The van der Waals surface area contributed by atoms with E-state index in [2.05, 4.69) is 31.0 Å². The SMILES string of the molecule is COCCOc1cc2cc(c1)C(=O)NCCNC(=O)N[C@H]1CCN(Cc3c(C)n[nH]c3C)C[C@@H]1OCc1cccc(c1)O2. The summed E-state index contributed by atoms with van der Waals surface area (Å²) in [5.74, 6) is 1.25. The van der Waals surface area contributed by atoms with Gasteiger partial charge in [-0.1, -0.05) is 12.1 Å². The Kier molecular flexibility index (Phi) is 10.1. The molecule has 0 radical (unpaired) electrons. The minimum absolute atomic E-state index is 0.174. The van der Waals surface area contributed by atoms with Crippen LogP contribution < -0.4 is 25.4 Å². The van der Waals surface area contributed by atoms with E-state index in [1.807, 2.05) is 38.1 Å². The number of aromatic amines is 1. The highest BCUT2D eigenvalue weighted by atomic mass is 16.5. The number of hydrogen-bond donors (Lipinski definition) is 4. The Morgan fingerprint density at radius 3 is 2.72 bits per heavy atom. The average molecular weight is 593 g/mol. The molecule has 5 rings (SSSR count). The number of hydrogen-bond acceptors (Lipinski definition) is 8. The number of ether oxygens (including phenoxy) is 4. The van der Waals surface area contributed by atoms with Crippen LogP contribution in [-0.4, -0.2) is 85.7 Å². The predicted octanol–water partition coefficient (Wildman–Crippen LogP) is 3.05. The fourth-order valence-electron chi connectivity index (χ4n) is 5.29. The number of nitrogens with zero attached hydrogens (tertiary/aromatic N) is 2. The predicted molar refractivity (Wildman–Crippen MR) is 160 cm³/mol. The third-order valence-corrected chi connectivity index (χ3v) is 7.61. The van der Waals surface area contributed by atoms with Crippen molar-refractivity contribution in [2.45, 2.75) is 45.6 Å². The Morgan fingerprint density at radius 1 is 1.05 bits per heavy atom. The van der Waals surface area contributed by atoms with Crippen LogP contribution in [0.5, 0.6) is 17.2 Å². The van der Waals surface area contributed by atoms with Crippen LogP contribution in [0.2, 0.25) is 0 Å². The fraction of sp³-hybridized carbons (Fsp3) is 0.452. The standard InChI is InChI=1S/C31H40N6O6/c1-20-27(21(2)36-35-20)17-37-10-7-28-29(18-37)42-19-22-5-4-6-24(13-22)43-26-15-23(14-25(16-26)41-12-11-40-3)30(38)32-8-9-33-31(39)34-28/h4-6,13-16,28-29H,7-12,17-19H2,1-3H3,(H,32,38)(H,35,36)(H2,33,34,39)/t28-,29-/m0/s1. The molecular weight excluding hydrogens is 552 g/mol. The van der Waals surface area contributed by atoms with E-state index in [0.717, 1.165) is 36.5 Å². The second-order valence-corrected chi connectivity index (χ2v) is 10.8. The summed E-state index contributed by atoms with van der Waals surface area (Å²) in [6.45, 7) is 7.85. The summed E-state index contributed by atoms with van der Waals surface area (Å²) < 4.78 is 23.5. The van der Waals surface area contributed by atoms with E-state index in [0.29, 0.717) is 49.2 Å². The zero-order valence-corrected chi connectivity index (χ0v) is 24.9. The first-order chi connectivity index (χ1) is 20.9. The van der Waals surface area contributed by atoms with E-state index in [1.165, 1.54) is 5.56 Å². The molecule has 1 aromatic heterocycles. The van der Waals surface area contributed by atoms with Crippen LogP contribution in [-0.2, 0) is 22.6 Å². The second-order valence-electron chi connectivity index (χ2n) is 10.8. The number of piperidine rings is 1. The topological polar surface area (TPSA) is 139 Å². The molecule has 230 valence electrons. The van der Waals surface area contributed by atoms with Gasteiger partial charge < -0.3 is 34.9 Å². The summed E-state index contributed by atoms with van der Waals surface area (Å²) in [5.41, 5.74) is 4.54. The molecule has 1 fully saturated rings. The molecule has 43 heavy (non-hydrogen) atoms. The number of amides is 3. The van der Waals surface area contributed by atoms with E-state index >= 15 is 0 Å². The van der Waals surface area contributed by atoms with Crippen molar-refractivity contribution < 1.29 is 28.5 Å². The number of aryl methyl sites for hydroxylation is 2. The molecule has 2 aromatic carbocycles. The van der Waals surface area contributed by atoms with Crippen LogP contribution in [0.3, 0.4) is 0 Å². The number of carbonyl (C=O) groups excluding carboxylic acids is 2. The molecule has 3 amide bonds. The summed E-state index contributed by atoms with van der Waals surface area (Å²) in [6.07, 6.45) is 0.496. The van der Waals surface area contributed by atoms with Crippen molar-refractivity contribution >= 4 is 11.9 Å². The van der Waals surface area contributed by atoms with Gasteiger partial charge in [0.2, 0.25) is 0 Å². The number of urea groups is 1. The maximum absolute atomic E-state index is 13.0. The average Bonchev–Trinajstić information content (AvgIpc) is 3.31. The number of H-pyrrole nitrogens is 1. The van der Waals surface area contributed by atoms with E-state index in [4.69, 9.17) is 18.9 Å². The zero-order valence-electron chi connectivity index (χ0n) is 24.9. The molecular formula is C31H40N6O6. The molecule has 0 spiro atoms. The number of carbonyl (C=O) groups is 2. The third kappa shape index (κ3) is 8.25. The summed E-state index contributed by atoms with van der Waals surface area (Å²) in [6, 6.07) is 12.2. The lowest BCUT2D eigenvalue weighted by atomic mass is 10.0. The van der Waals surface area contributed by atoms with Gasteiger partial charge >= 0.3 is 6.03 Å². The quantitative estimate of drug-likeness (QED) is 0.321. The maximum atomic E-state index is 13.0. The lowest BCUT2D eigenvalue weighted by molar-refractivity contribution is -0.0304. The van der Waals surface area contributed by atoms with Gasteiger partial charge in [0, 0.05) is 62.7 Å². The molecule has 3 aromatic rings. The zero-order chi connectivity index (χ0) is 30.2. The molecule has 12 nitrogen and oxygen atoms in total. The summed E-state index contributed by atoms with van der Waals surface area (Å²) >= 11 is 0. The normalized spacial score (nSPS) is 20.0. The van der Waals surface area contributed by atoms with Crippen LogP contribution in [0.1, 0.15) is 39.3 Å².